The van der Waals surface area contributed by atoms with Crippen molar-refractivity contribution in [1.29, 1.82) is 5.26 Å². The Hall–Kier alpha value is -2.22. The van der Waals surface area contributed by atoms with E-state index in [1.807, 2.05) is 32.9 Å². The largest absolute Gasteiger partial charge is 0.466 e. The summed E-state index contributed by atoms with van der Waals surface area (Å²) in [5, 5.41) is 9.83. The number of carbonyl (C=O) groups excluding carboxylic acids is 3. The molecule has 0 spiro atoms. The maximum Gasteiger partial charge on any atom is 0.312 e. The second-order valence-corrected chi connectivity index (χ2v) is 14.5. The van der Waals surface area contributed by atoms with Gasteiger partial charge >= 0.3 is 5.97 Å². The van der Waals surface area contributed by atoms with Gasteiger partial charge in [0.15, 0.2) is 11.6 Å². The van der Waals surface area contributed by atoms with Crippen LogP contribution in [0.25, 0.3) is 0 Å². The first kappa shape index (κ1) is 26.4. The summed E-state index contributed by atoms with van der Waals surface area (Å²) in [4.78, 5) is 40.9. The van der Waals surface area contributed by atoms with Crippen LogP contribution >= 0.6 is 0 Å². The first-order chi connectivity index (χ1) is 17.2. The number of ether oxygens (including phenoxy) is 1. The lowest BCUT2D eigenvalue weighted by molar-refractivity contribution is -0.180. The lowest BCUT2D eigenvalue weighted by Gasteiger charge is -2.64. The predicted molar refractivity (Wildman–Crippen MR) is 141 cm³/mol. The van der Waals surface area contributed by atoms with Gasteiger partial charge in [0.1, 0.15) is 6.07 Å². The van der Waals surface area contributed by atoms with Gasteiger partial charge in [-0.1, -0.05) is 53.2 Å². The number of esters is 1. The van der Waals surface area contributed by atoms with Gasteiger partial charge in [0.25, 0.3) is 0 Å². The van der Waals surface area contributed by atoms with Gasteiger partial charge in [-0.25, -0.2) is 0 Å². The van der Waals surface area contributed by atoms with E-state index in [-0.39, 0.29) is 57.6 Å². The van der Waals surface area contributed by atoms with Crippen LogP contribution in [0.3, 0.4) is 0 Å². The van der Waals surface area contributed by atoms with Crippen LogP contribution in [0.4, 0.5) is 0 Å². The van der Waals surface area contributed by atoms with Crippen molar-refractivity contribution in [3.05, 3.63) is 23.3 Å². The van der Waals surface area contributed by atoms with Crippen molar-refractivity contribution in [2.45, 2.75) is 93.4 Å². The number of carbonyl (C=O) groups is 3. The number of ketones is 2. The van der Waals surface area contributed by atoms with E-state index in [0.29, 0.717) is 6.61 Å². The Labute approximate surface area is 222 Å². The van der Waals surface area contributed by atoms with Gasteiger partial charge in [-0.3, -0.25) is 14.4 Å². The monoisotopic (exact) mass is 505 g/mol. The molecule has 0 saturated heterocycles. The number of nitrogens with zero attached hydrogens (tertiary/aromatic N) is 1. The average Bonchev–Trinajstić information content (AvgIpc) is 2.82. The SMILES string of the molecule is CCOC(=O)[C@@]12CCC3C(C(=O)C=C4[C@@]3(C)CC[C@H]3C(C)(C)C(=O)C(C#N)=C[C@]43C)[C@@H]1CC(C)(C)CC2. The second-order valence-electron chi connectivity index (χ2n) is 14.5. The molecule has 7 atom stereocenters. The lowest BCUT2D eigenvalue weighted by atomic mass is 9.38. The molecular weight excluding hydrogens is 462 g/mol. The molecule has 0 radical (unpaired) electrons. The summed E-state index contributed by atoms with van der Waals surface area (Å²) >= 11 is 0. The van der Waals surface area contributed by atoms with Gasteiger partial charge < -0.3 is 4.74 Å². The van der Waals surface area contributed by atoms with Crippen LogP contribution in [-0.4, -0.2) is 24.1 Å². The highest BCUT2D eigenvalue weighted by atomic mass is 16.5. The summed E-state index contributed by atoms with van der Waals surface area (Å²) in [7, 11) is 0. The minimum Gasteiger partial charge on any atom is -0.466 e. The Morgan fingerprint density at radius 2 is 1.73 bits per heavy atom. The zero-order valence-electron chi connectivity index (χ0n) is 23.7. The molecule has 200 valence electrons. The maximum atomic E-state index is 14.2. The molecule has 0 aromatic heterocycles. The maximum absolute atomic E-state index is 14.2. The molecule has 37 heavy (non-hydrogen) atoms. The molecule has 5 aliphatic rings. The highest BCUT2D eigenvalue weighted by Gasteiger charge is 2.67. The smallest absolute Gasteiger partial charge is 0.312 e. The normalized spacial score (nSPS) is 43.6. The highest BCUT2D eigenvalue weighted by Crippen LogP contribution is 2.70. The van der Waals surface area contributed by atoms with Gasteiger partial charge in [0.05, 0.1) is 17.6 Å². The van der Waals surface area contributed by atoms with Crippen molar-refractivity contribution in [2.75, 3.05) is 6.61 Å². The molecule has 5 heteroatoms. The van der Waals surface area contributed by atoms with Crippen LogP contribution in [0.5, 0.6) is 0 Å². The highest BCUT2D eigenvalue weighted by molar-refractivity contribution is 6.04. The Balaban J connectivity index is 1.65. The molecule has 5 aliphatic carbocycles. The van der Waals surface area contributed by atoms with Gasteiger partial charge in [0, 0.05) is 16.7 Å². The second kappa shape index (κ2) is 8.14. The van der Waals surface area contributed by atoms with Crippen LogP contribution in [0.15, 0.2) is 23.3 Å². The van der Waals surface area contributed by atoms with E-state index in [4.69, 9.17) is 4.74 Å². The molecule has 0 bridgehead atoms. The molecule has 5 rings (SSSR count). The van der Waals surface area contributed by atoms with Crippen LogP contribution in [0, 0.1) is 62.1 Å². The van der Waals surface area contributed by atoms with Crippen molar-refractivity contribution in [3.8, 4) is 6.07 Å². The zero-order chi connectivity index (χ0) is 27.2. The van der Waals surface area contributed by atoms with Gasteiger partial charge in [-0.05, 0) is 86.5 Å². The van der Waals surface area contributed by atoms with Crippen LogP contribution < -0.4 is 0 Å². The average molecular weight is 506 g/mol. The summed E-state index contributed by atoms with van der Waals surface area (Å²) in [5.74, 6) is -0.0601. The lowest BCUT2D eigenvalue weighted by Crippen LogP contribution is -2.62. The number of allylic oxidation sites excluding steroid dienone is 4. The third-order valence-electron chi connectivity index (χ3n) is 11.8. The van der Waals surface area contributed by atoms with Crippen LogP contribution in [0.1, 0.15) is 93.4 Å². The number of Topliss-reactive ketones (excluding diaryl/α,β-unsaturated/α-hetero) is 1. The fourth-order valence-electron chi connectivity index (χ4n) is 9.90. The Morgan fingerprint density at radius 1 is 1.03 bits per heavy atom. The third kappa shape index (κ3) is 3.43. The molecular formula is C32H43NO4. The summed E-state index contributed by atoms with van der Waals surface area (Å²) in [6.45, 7) is 15.2. The van der Waals surface area contributed by atoms with Crippen molar-refractivity contribution in [1.82, 2.24) is 0 Å². The summed E-state index contributed by atoms with van der Waals surface area (Å²) in [6.07, 6.45) is 9.81. The van der Waals surface area contributed by atoms with Gasteiger partial charge in [0.2, 0.25) is 0 Å². The first-order valence-electron chi connectivity index (χ1n) is 14.3. The molecule has 3 fully saturated rings. The van der Waals surface area contributed by atoms with Crippen molar-refractivity contribution in [3.63, 3.8) is 0 Å². The quantitative estimate of drug-likeness (QED) is 0.407. The predicted octanol–water partition coefficient (Wildman–Crippen LogP) is 6.38. The molecule has 0 aliphatic heterocycles. The summed E-state index contributed by atoms with van der Waals surface area (Å²) in [5.41, 5.74) is -0.544. The van der Waals surface area contributed by atoms with E-state index in [2.05, 4.69) is 33.8 Å². The summed E-state index contributed by atoms with van der Waals surface area (Å²) in [6, 6.07) is 2.17. The molecule has 0 N–H and O–H groups in total. The number of nitriles is 1. The Bertz CT molecular complexity index is 1170. The van der Waals surface area contributed by atoms with Crippen molar-refractivity contribution >= 4 is 17.5 Å². The topological polar surface area (TPSA) is 84.2 Å². The molecule has 0 heterocycles. The minimum atomic E-state index is -0.657. The Morgan fingerprint density at radius 3 is 2.38 bits per heavy atom. The molecule has 2 unspecified atom stereocenters. The first-order valence-corrected chi connectivity index (χ1v) is 14.3. The van der Waals surface area contributed by atoms with Gasteiger partial charge in [-0.2, -0.15) is 5.26 Å². The number of hydrogen-bond acceptors (Lipinski definition) is 5. The Kier molecular flexibility index (Phi) is 5.81. The van der Waals surface area contributed by atoms with E-state index < -0.39 is 16.2 Å². The van der Waals surface area contributed by atoms with E-state index in [0.717, 1.165) is 50.5 Å². The minimum absolute atomic E-state index is 0.0173. The number of hydrogen-bond donors (Lipinski definition) is 0. The fourth-order valence-corrected chi connectivity index (χ4v) is 9.90. The van der Waals surface area contributed by atoms with Crippen LogP contribution in [-0.2, 0) is 19.1 Å². The zero-order valence-corrected chi connectivity index (χ0v) is 23.7. The molecule has 3 saturated carbocycles. The van der Waals surface area contributed by atoms with E-state index in [1.165, 1.54) is 0 Å². The molecule has 0 aromatic rings. The van der Waals surface area contributed by atoms with E-state index in [1.54, 1.807) is 0 Å². The number of rotatable bonds is 2. The number of fused-ring (bicyclic) bond motifs is 7. The van der Waals surface area contributed by atoms with E-state index in [9.17, 15) is 19.6 Å². The molecule has 0 amide bonds. The fraction of sp³-hybridized carbons (Fsp3) is 0.750. The van der Waals surface area contributed by atoms with Crippen molar-refractivity contribution in [2.24, 2.45) is 50.7 Å². The van der Waals surface area contributed by atoms with Gasteiger partial charge in [-0.15, -0.1) is 0 Å². The third-order valence-corrected chi connectivity index (χ3v) is 11.8. The van der Waals surface area contributed by atoms with Crippen LogP contribution in [0.2, 0.25) is 0 Å². The van der Waals surface area contributed by atoms with Crippen molar-refractivity contribution < 1.29 is 19.1 Å². The standard InChI is InChI=1S/C32H43NO4/c1-8-37-27(36)32-12-9-20-25(21(32)17-28(2,3)13-14-32)22(34)15-24-30(20,6)11-10-23-29(4,5)26(35)19(18-33)16-31(23,24)7/h15-16,20-21,23,25H,8-14,17H2,1-7H3/t20?,21-,23-,25?,30-,31-,32+/m0/s1. The van der Waals surface area contributed by atoms with E-state index >= 15 is 0 Å². The summed E-state index contributed by atoms with van der Waals surface area (Å²) < 4.78 is 5.66. The molecule has 5 nitrogen and oxygen atoms in total. The molecule has 0 aromatic carbocycles.